The maximum atomic E-state index is 11.2. The lowest BCUT2D eigenvalue weighted by molar-refractivity contribution is 0.0999. The molecule has 2 aromatic heterocycles. The summed E-state index contributed by atoms with van der Waals surface area (Å²) in [5.41, 5.74) is 7.25. The highest BCUT2D eigenvalue weighted by Crippen LogP contribution is 2.11. The molecule has 0 saturated heterocycles. The van der Waals surface area contributed by atoms with Crippen LogP contribution in [0.5, 0.6) is 0 Å². The SMILES string of the molecule is CCc1nn(-c2cccnc2)cc1C(N)=O. The van der Waals surface area contributed by atoms with Gasteiger partial charge in [0, 0.05) is 12.4 Å². The van der Waals surface area contributed by atoms with Crippen molar-refractivity contribution in [3.05, 3.63) is 42.0 Å². The third kappa shape index (κ3) is 1.79. The van der Waals surface area contributed by atoms with Crippen molar-refractivity contribution < 1.29 is 4.79 Å². The van der Waals surface area contributed by atoms with E-state index in [1.807, 2.05) is 19.1 Å². The third-order valence-corrected chi connectivity index (χ3v) is 2.30. The van der Waals surface area contributed by atoms with Gasteiger partial charge in [-0.1, -0.05) is 6.92 Å². The van der Waals surface area contributed by atoms with E-state index in [1.165, 1.54) is 0 Å². The van der Waals surface area contributed by atoms with Crippen LogP contribution in [0, 0.1) is 0 Å². The number of carbonyl (C=O) groups is 1. The van der Waals surface area contributed by atoms with Gasteiger partial charge in [0.15, 0.2) is 0 Å². The van der Waals surface area contributed by atoms with Gasteiger partial charge in [-0.05, 0) is 18.6 Å². The summed E-state index contributed by atoms with van der Waals surface area (Å²) in [5, 5.41) is 4.30. The monoisotopic (exact) mass is 216 g/mol. The molecular formula is C11H12N4O. The van der Waals surface area contributed by atoms with Gasteiger partial charge in [0.25, 0.3) is 5.91 Å². The molecule has 0 atom stereocenters. The number of pyridine rings is 1. The molecule has 16 heavy (non-hydrogen) atoms. The summed E-state index contributed by atoms with van der Waals surface area (Å²) in [6, 6.07) is 3.68. The normalized spacial score (nSPS) is 10.3. The second-order valence-corrected chi connectivity index (χ2v) is 3.36. The minimum atomic E-state index is -0.452. The summed E-state index contributed by atoms with van der Waals surface area (Å²) >= 11 is 0. The van der Waals surface area contributed by atoms with E-state index in [2.05, 4.69) is 10.1 Å². The molecule has 2 rings (SSSR count). The van der Waals surface area contributed by atoms with Crippen LogP contribution >= 0.6 is 0 Å². The Morgan fingerprint density at radius 1 is 1.56 bits per heavy atom. The lowest BCUT2D eigenvalue weighted by Crippen LogP contribution is -2.12. The Morgan fingerprint density at radius 2 is 2.38 bits per heavy atom. The van der Waals surface area contributed by atoms with Crippen molar-refractivity contribution in [1.82, 2.24) is 14.8 Å². The summed E-state index contributed by atoms with van der Waals surface area (Å²) in [7, 11) is 0. The molecule has 1 amide bonds. The first kappa shape index (κ1) is 10.4. The molecule has 0 spiro atoms. The fourth-order valence-electron chi connectivity index (χ4n) is 1.50. The zero-order valence-corrected chi connectivity index (χ0v) is 8.92. The van der Waals surface area contributed by atoms with Crippen molar-refractivity contribution in [2.75, 3.05) is 0 Å². The summed E-state index contributed by atoms with van der Waals surface area (Å²) in [5.74, 6) is -0.452. The van der Waals surface area contributed by atoms with E-state index in [0.717, 1.165) is 5.69 Å². The molecule has 2 aromatic rings. The topological polar surface area (TPSA) is 73.8 Å². The predicted molar refractivity (Wildman–Crippen MR) is 59.3 cm³/mol. The Bertz CT molecular complexity index is 504. The average Bonchev–Trinajstić information content (AvgIpc) is 2.74. The van der Waals surface area contributed by atoms with Crippen LogP contribution in [0.15, 0.2) is 30.7 Å². The van der Waals surface area contributed by atoms with E-state index < -0.39 is 5.91 Å². The molecule has 0 aliphatic heterocycles. The zero-order chi connectivity index (χ0) is 11.5. The van der Waals surface area contributed by atoms with Crippen LogP contribution in [-0.2, 0) is 6.42 Å². The quantitative estimate of drug-likeness (QED) is 0.829. The van der Waals surface area contributed by atoms with Crippen molar-refractivity contribution in [3.63, 3.8) is 0 Å². The van der Waals surface area contributed by atoms with Crippen molar-refractivity contribution in [2.24, 2.45) is 5.73 Å². The number of aromatic nitrogens is 3. The van der Waals surface area contributed by atoms with E-state index in [0.29, 0.717) is 17.7 Å². The molecule has 5 heteroatoms. The molecule has 0 unspecified atom stereocenters. The summed E-state index contributed by atoms with van der Waals surface area (Å²) in [4.78, 5) is 15.2. The maximum Gasteiger partial charge on any atom is 0.252 e. The Labute approximate surface area is 92.9 Å². The van der Waals surface area contributed by atoms with Gasteiger partial charge in [-0.15, -0.1) is 0 Å². The molecule has 2 N–H and O–H groups in total. The third-order valence-electron chi connectivity index (χ3n) is 2.30. The Kier molecular flexibility index (Phi) is 2.68. The Hall–Kier alpha value is -2.17. The molecule has 82 valence electrons. The van der Waals surface area contributed by atoms with Gasteiger partial charge in [-0.2, -0.15) is 5.10 Å². The molecule has 0 aliphatic carbocycles. The summed E-state index contributed by atoms with van der Waals surface area (Å²) < 4.78 is 1.62. The molecule has 0 aromatic carbocycles. The number of nitrogens with two attached hydrogens (primary N) is 1. The molecule has 5 nitrogen and oxygen atoms in total. The summed E-state index contributed by atoms with van der Waals surface area (Å²) in [6.07, 6.45) is 5.67. The van der Waals surface area contributed by atoms with Crippen molar-refractivity contribution in [2.45, 2.75) is 13.3 Å². The lowest BCUT2D eigenvalue weighted by Gasteiger charge is -1.98. The van der Waals surface area contributed by atoms with Crippen LogP contribution in [0.3, 0.4) is 0 Å². The van der Waals surface area contributed by atoms with Gasteiger partial charge in [0.1, 0.15) is 0 Å². The first-order valence-corrected chi connectivity index (χ1v) is 5.01. The van der Waals surface area contributed by atoms with E-state index in [9.17, 15) is 4.79 Å². The predicted octanol–water partition coefficient (Wildman–Crippen LogP) is 0.929. The van der Waals surface area contributed by atoms with Gasteiger partial charge >= 0.3 is 0 Å². The van der Waals surface area contributed by atoms with Gasteiger partial charge < -0.3 is 5.73 Å². The van der Waals surface area contributed by atoms with E-state index >= 15 is 0 Å². The molecule has 0 saturated carbocycles. The Balaban J connectivity index is 2.48. The zero-order valence-electron chi connectivity index (χ0n) is 8.92. The highest BCUT2D eigenvalue weighted by molar-refractivity contribution is 5.93. The number of carbonyl (C=O) groups excluding carboxylic acids is 1. The maximum absolute atomic E-state index is 11.2. The van der Waals surface area contributed by atoms with Crippen LogP contribution in [0.25, 0.3) is 5.69 Å². The van der Waals surface area contributed by atoms with Gasteiger partial charge in [0.05, 0.1) is 23.1 Å². The number of hydrogen-bond donors (Lipinski definition) is 1. The molecule has 0 fully saturated rings. The molecule has 0 radical (unpaired) electrons. The van der Waals surface area contributed by atoms with Gasteiger partial charge in [-0.25, -0.2) is 4.68 Å². The van der Waals surface area contributed by atoms with Crippen LogP contribution in [0.4, 0.5) is 0 Å². The van der Waals surface area contributed by atoms with E-state index in [1.54, 1.807) is 23.3 Å². The number of hydrogen-bond acceptors (Lipinski definition) is 3. The molecule has 0 bridgehead atoms. The molecular weight excluding hydrogens is 204 g/mol. The van der Waals surface area contributed by atoms with Crippen LogP contribution in [0.2, 0.25) is 0 Å². The van der Waals surface area contributed by atoms with Gasteiger partial charge in [-0.3, -0.25) is 9.78 Å². The highest BCUT2D eigenvalue weighted by Gasteiger charge is 2.12. The standard InChI is InChI=1S/C11H12N4O/c1-2-10-9(11(12)16)7-15(14-10)8-4-3-5-13-6-8/h3-7H,2H2,1H3,(H2,12,16). The van der Waals surface area contributed by atoms with E-state index in [4.69, 9.17) is 5.73 Å². The molecule has 0 aliphatic rings. The highest BCUT2D eigenvalue weighted by atomic mass is 16.1. The average molecular weight is 216 g/mol. The minimum absolute atomic E-state index is 0.452. The fourth-order valence-corrected chi connectivity index (χ4v) is 1.50. The number of primary amides is 1. The Morgan fingerprint density at radius 3 is 2.88 bits per heavy atom. The first-order valence-electron chi connectivity index (χ1n) is 5.01. The van der Waals surface area contributed by atoms with Crippen molar-refractivity contribution in [1.29, 1.82) is 0 Å². The second-order valence-electron chi connectivity index (χ2n) is 3.36. The van der Waals surface area contributed by atoms with Crippen LogP contribution < -0.4 is 5.73 Å². The van der Waals surface area contributed by atoms with E-state index in [-0.39, 0.29) is 0 Å². The van der Waals surface area contributed by atoms with Gasteiger partial charge in [0.2, 0.25) is 0 Å². The number of rotatable bonds is 3. The van der Waals surface area contributed by atoms with Crippen molar-refractivity contribution >= 4 is 5.91 Å². The summed E-state index contributed by atoms with van der Waals surface area (Å²) in [6.45, 7) is 1.93. The molecule has 2 heterocycles. The largest absolute Gasteiger partial charge is 0.365 e. The smallest absolute Gasteiger partial charge is 0.252 e. The first-order chi connectivity index (χ1) is 7.72. The van der Waals surface area contributed by atoms with Crippen molar-refractivity contribution in [3.8, 4) is 5.69 Å². The lowest BCUT2D eigenvalue weighted by atomic mass is 10.2. The van der Waals surface area contributed by atoms with Crippen LogP contribution in [-0.4, -0.2) is 20.7 Å². The van der Waals surface area contributed by atoms with Crippen LogP contribution in [0.1, 0.15) is 23.0 Å². The fraction of sp³-hybridized carbons (Fsp3) is 0.182. The number of aryl methyl sites for hydroxylation is 1. The second kappa shape index (κ2) is 4.14. The number of amides is 1. The number of nitrogens with zero attached hydrogens (tertiary/aromatic N) is 3. The minimum Gasteiger partial charge on any atom is -0.365 e.